The Labute approximate surface area is 72.1 Å². The van der Waals surface area contributed by atoms with Crippen molar-refractivity contribution in [2.24, 2.45) is 0 Å². The Balaban J connectivity index is 2.95. The predicted molar refractivity (Wildman–Crippen MR) is 49.4 cm³/mol. The quantitative estimate of drug-likeness (QED) is 0.588. The van der Waals surface area contributed by atoms with E-state index in [0.29, 0.717) is 0 Å². The zero-order chi connectivity index (χ0) is 7.14. The molecule has 0 aliphatic rings. The van der Waals surface area contributed by atoms with Gasteiger partial charge in [0.2, 0.25) is 0 Å². The van der Waals surface area contributed by atoms with E-state index in [1.807, 2.05) is 0 Å². The summed E-state index contributed by atoms with van der Waals surface area (Å²) in [4.78, 5) is 1.23. The lowest BCUT2D eigenvalue weighted by molar-refractivity contribution is 1.65. The molecule has 0 aromatic carbocycles. The second kappa shape index (κ2) is 2.22. The lowest BCUT2D eigenvalue weighted by Gasteiger charge is -1.80. The van der Waals surface area contributed by atoms with Gasteiger partial charge in [-0.2, -0.15) is 0 Å². The molecule has 0 bridgehead atoms. The highest BCUT2D eigenvalue weighted by atomic mass is 35.5. The highest BCUT2D eigenvalue weighted by Crippen LogP contribution is 2.37. The molecule has 0 radical (unpaired) electrons. The van der Waals surface area contributed by atoms with Crippen molar-refractivity contribution in [3.05, 3.63) is 21.3 Å². The Bertz CT molecular complexity index is 358. The van der Waals surface area contributed by atoms with Gasteiger partial charge in [0.15, 0.2) is 0 Å². The number of aryl methyl sites for hydroxylation is 1. The minimum Gasteiger partial charge on any atom is -0.133 e. The third-order valence-electron chi connectivity index (χ3n) is 1.42. The number of fused-ring (bicyclic) bond motifs is 1. The van der Waals surface area contributed by atoms with E-state index in [0.717, 1.165) is 5.02 Å². The zero-order valence-electron chi connectivity index (χ0n) is 5.35. The summed E-state index contributed by atoms with van der Waals surface area (Å²) >= 11 is 9.53. The molecule has 0 N–H and O–H groups in total. The number of halogens is 1. The van der Waals surface area contributed by atoms with Crippen LogP contribution in [0.25, 0.3) is 9.40 Å². The topological polar surface area (TPSA) is 0 Å². The van der Waals surface area contributed by atoms with Gasteiger partial charge in [0, 0.05) is 10.3 Å². The van der Waals surface area contributed by atoms with Gasteiger partial charge in [-0.05, 0) is 18.4 Å². The SMILES string of the molecule is Cc1sc2sccc2c1Cl. The van der Waals surface area contributed by atoms with E-state index in [-0.39, 0.29) is 0 Å². The number of hydrogen-bond donors (Lipinski definition) is 0. The Morgan fingerprint density at radius 1 is 1.50 bits per heavy atom. The van der Waals surface area contributed by atoms with Crippen LogP contribution >= 0.6 is 34.3 Å². The van der Waals surface area contributed by atoms with Gasteiger partial charge in [-0.25, -0.2) is 0 Å². The highest BCUT2D eigenvalue weighted by Gasteiger charge is 2.05. The van der Waals surface area contributed by atoms with E-state index >= 15 is 0 Å². The van der Waals surface area contributed by atoms with Crippen molar-refractivity contribution in [2.75, 3.05) is 0 Å². The van der Waals surface area contributed by atoms with Crippen LogP contribution < -0.4 is 0 Å². The van der Waals surface area contributed by atoms with Gasteiger partial charge in [0.05, 0.1) is 9.04 Å². The third-order valence-corrected chi connectivity index (χ3v) is 4.18. The van der Waals surface area contributed by atoms with Crippen molar-refractivity contribution >= 4 is 43.7 Å². The minimum atomic E-state index is 0.932. The molecule has 0 saturated heterocycles. The molecule has 10 heavy (non-hydrogen) atoms. The second-order valence-electron chi connectivity index (χ2n) is 2.09. The van der Waals surface area contributed by atoms with Crippen LogP contribution in [0.4, 0.5) is 0 Å². The summed E-state index contributed by atoms with van der Waals surface area (Å²) < 4.78 is 1.34. The van der Waals surface area contributed by atoms with E-state index < -0.39 is 0 Å². The molecule has 2 aromatic heterocycles. The summed E-state index contributed by atoms with van der Waals surface area (Å²) in [6, 6.07) is 2.08. The molecule has 3 heteroatoms. The van der Waals surface area contributed by atoms with Crippen LogP contribution in [0.1, 0.15) is 4.88 Å². The number of hydrogen-bond acceptors (Lipinski definition) is 2. The Morgan fingerprint density at radius 2 is 2.30 bits per heavy atom. The summed E-state index contributed by atoms with van der Waals surface area (Å²) in [6.45, 7) is 2.06. The standard InChI is InChI=1S/C7H5ClS2/c1-4-6(8)5-2-3-9-7(5)10-4/h2-3H,1H3. The first-order valence-electron chi connectivity index (χ1n) is 2.91. The normalized spacial score (nSPS) is 11.0. The first-order chi connectivity index (χ1) is 4.79. The molecule has 2 aromatic rings. The Morgan fingerprint density at radius 3 is 3.00 bits per heavy atom. The summed E-state index contributed by atoms with van der Waals surface area (Å²) in [5, 5.41) is 4.22. The fourth-order valence-electron chi connectivity index (χ4n) is 0.911. The fraction of sp³-hybridized carbons (Fsp3) is 0.143. The summed E-state index contributed by atoms with van der Waals surface area (Å²) in [5.41, 5.74) is 0. The molecule has 0 aliphatic carbocycles. The van der Waals surface area contributed by atoms with E-state index in [1.165, 1.54) is 14.3 Å². The molecule has 0 saturated carbocycles. The third kappa shape index (κ3) is 0.797. The van der Waals surface area contributed by atoms with Crippen LogP contribution in [0.3, 0.4) is 0 Å². The minimum absolute atomic E-state index is 0.932. The van der Waals surface area contributed by atoms with Gasteiger partial charge in [0.25, 0.3) is 0 Å². The van der Waals surface area contributed by atoms with Crippen molar-refractivity contribution in [3.8, 4) is 0 Å². The van der Waals surface area contributed by atoms with Crippen molar-refractivity contribution < 1.29 is 0 Å². The van der Waals surface area contributed by atoms with Crippen molar-refractivity contribution in [1.82, 2.24) is 0 Å². The van der Waals surface area contributed by atoms with E-state index in [2.05, 4.69) is 18.4 Å². The van der Waals surface area contributed by atoms with E-state index in [1.54, 1.807) is 22.7 Å². The van der Waals surface area contributed by atoms with Gasteiger partial charge >= 0.3 is 0 Å². The van der Waals surface area contributed by atoms with Crippen LogP contribution in [0, 0.1) is 6.92 Å². The smallest absolute Gasteiger partial charge is 0.0883 e. The highest BCUT2D eigenvalue weighted by molar-refractivity contribution is 7.38. The van der Waals surface area contributed by atoms with Crippen LogP contribution in [0.2, 0.25) is 5.02 Å². The van der Waals surface area contributed by atoms with E-state index in [9.17, 15) is 0 Å². The summed E-state index contributed by atoms with van der Waals surface area (Å²) in [6.07, 6.45) is 0. The number of thiophene rings is 2. The molecule has 0 amide bonds. The van der Waals surface area contributed by atoms with Gasteiger partial charge in [-0.1, -0.05) is 11.6 Å². The molecule has 0 atom stereocenters. The molecule has 0 nitrogen and oxygen atoms in total. The van der Waals surface area contributed by atoms with Gasteiger partial charge in [0.1, 0.15) is 0 Å². The van der Waals surface area contributed by atoms with Crippen molar-refractivity contribution in [3.63, 3.8) is 0 Å². The van der Waals surface area contributed by atoms with Crippen LogP contribution in [-0.2, 0) is 0 Å². The van der Waals surface area contributed by atoms with Crippen molar-refractivity contribution in [2.45, 2.75) is 6.92 Å². The van der Waals surface area contributed by atoms with Crippen LogP contribution in [0.5, 0.6) is 0 Å². The molecular weight excluding hydrogens is 184 g/mol. The monoisotopic (exact) mass is 188 g/mol. The number of rotatable bonds is 0. The van der Waals surface area contributed by atoms with Crippen LogP contribution in [-0.4, -0.2) is 0 Å². The molecule has 52 valence electrons. The first-order valence-corrected chi connectivity index (χ1v) is 4.98. The molecule has 2 rings (SSSR count). The molecule has 2 heterocycles. The maximum atomic E-state index is 6.00. The lowest BCUT2D eigenvalue weighted by Crippen LogP contribution is -1.56. The largest absolute Gasteiger partial charge is 0.133 e. The van der Waals surface area contributed by atoms with Gasteiger partial charge in [-0.3, -0.25) is 0 Å². The second-order valence-corrected chi connectivity index (χ2v) is 4.87. The maximum absolute atomic E-state index is 6.00. The Hall–Kier alpha value is -0.0500. The van der Waals surface area contributed by atoms with E-state index in [4.69, 9.17) is 11.6 Å². The van der Waals surface area contributed by atoms with Gasteiger partial charge in [-0.15, -0.1) is 22.7 Å². The predicted octanol–water partition coefficient (Wildman–Crippen LogP) is 3.92. The molecular formula is C7H5ClS2. The lowest BCUT2D eigenvalue weighted by atomic mass is 10.4. The van der Waals surface area contributed by atoms with Crippen molar-refractivity contribution in [1.29, 1.82) is 0 Å². The molecule has 0 unspecified atom stereocenters. The average Bonchev–Trinajstić information content (AvgIpc) is 2.41. The average molecular weight is 189 g/mol. The summed E-state index contributed by atoms with van der Waals surface area (Å²) in [5.74, 6) is 0. The molecule has 0 fully saturated rings. The van der Waals surface area contributed by atoms with Gasteiger partial charge < -0.3 is 0 Å². The molecule has 0 spiro atoms. The maximum Gasteiger partial charge on any atom is 0.0883 e. The molecule has 0 aliphatic heterocycles. The van der Waals surface area contributed by atoms with Crippen LogP contribution in [0.15, 0.2) is 11.4 Å². The Kier molecular flexibility index (Phi) is 1.48. The summed E-state index contributed by atoms with van der Waals surface area (Å²) in [7, 11) is 0. The zero-order valence-corrected chi connectivity index (χ0v) is 7.74. The first kappa shape index (κ1) is 6.65. The fourth-order valence-corrected chi connectivity index (χ4v) is 3.41.